The maximum absolute atomic E-state index is 12.6. The highest BCUT2D eigenvalue weighted by Crippen LogP contribution is 2.29. The van der Waals surface area contributed by atoms with Crippen molar-refractivity contribution in [3.8, 4) is 11.4 Å². The van der Waals surface area contributed by atoms with E-state index in [0.717, 1.165) is 48.9 Å². The number of nitrogens with zero attached hydrogens (tertiary/aromatic N) is 3. The molecular formula is C25H27Cl3N4O2S. The van der Waals surface area contributed by atoms with Gasteiger partial charge in [-0.05, 0) is 74.0 Å². The lowest BCUT2D eigenvalue weighted by molar-refractivity contribution is -0.126. The first kappa shape index (κ1) is 26.3. The second-order valence-corrected chi connectivity index (χ2v) is 10.9. The first-order valence-corrected chi connectivity index (χ1v) is 13.9. The predicted octanol–water partition coefficient (Wildman–Crippen LogP) is 6.35. The third-order valence-electron chi connectivity index (χ3n) is 5.88. The number of rotatable bonds is 10. The molecule has 3 aromatic rings. The predicted molar refractivity (Wildman–Crippen MR) is 143 cm³/mol. The lowest BCUT2D eigenvalue weighted by atomic mass is 9.96. The SMILES string of the molecule is O=C(NCCCSCc1cccc(Cl)c1)C1CCN(Cc2nc(-c3ccc(Cl)cc3Cl)no2)CC1. The molecule has 1 aliphatic heterocycles. The van der Waals surface area contributed by atoms with Crippen molar-refractivity contribution in [1.29, 1.82) is 0 Å². The van der Waals surface area contributed by atoms with Crippen molar-refractivity contribution in [2.75, 3.05) is 25.4 Å². The Bertz CT molecular complexity index is 1140. The number of benzene rings is 2. The average Bonchev–Trinajstić information content (AvgIpc) is 3.29. The molecule has 1 fully saturated rings. The van der Waals surface area contributed by atoms with Crippen LogP contribution in [0.5, 0.6) is 0 Å². The second-order valence-electron chi connectivity index (χ2n) is 8.51. The van der Waals surface area contributed by atoms with Gasteiger partial charge in [0.1, 0.15) is 0 Å². The Morgan fingerprint density at radius 2 is 1.91 bits per heavy atom. The fourth-order valence-electron chi connectivity index (χ4n) is 3.99. The lowest BCUT2D eigenvalue weighted by Gasteiger charge is -2.30. The van der Waals surface area contributed by atoms with E-state index in [9.17, 15) is 4.79 Å². The van der Waals surface area contributed by atoms with E-state index in [1.54, 1.807) is 18.2 Å². The number of thioether (sulfide) groups is 1. The van der Waals surface area contributed by atoms with E-state index in [4.69, 9.17) is 39.3 Å². The summed E-state index contributed by atoms with van der Waals surface area (Å²) in [7, 11) is 0. The summed E-state index contributed by atoms with van der Waals surface area (Å²) in [6.45, 7) is 2.88. The molecule has 0 spiro atoms. The van der Waals surface area contributed by atoms with Crippen LogP contribution in [0.15, 0.2) is 47.0 Å². The molecule has 2 aromatic carbocycles. The van der Waals surface area contributed by atoms with Crippen molar-refractivity contribution in [3.63, 3.8) is 0 Å². The number of amides is 1. The van der Waals surface area contributed by atoms with Crippen molar-refractivity contribution >= 4 is 52.5 Å². The van der Waals surface area contributed by atoms with E-state index in [1.807, 2.05) is 30.0 Å². The maximum atomic E-state index is 12.6. The van der Waals surface area contributed by atoms with Crippen LogP contribution in [0.2, 0.25) is 15.1 Å². The third-order valence-corrected chi connectivity index (χ3v) is 7.78. The number of halogens is 3. The lowest BCUT2D eigenvalue weighted by Crippen LogP contribution is -2.40. The number of hydrogen-bond donors (Lipinski definition) is 1. The molecule has 4 rings (SSSR count). The summed E-state index contributed by atoms with van der Waals surface area (Å²) in [6, 6.07) is 13.1. The molecule has 0 radical (unpaired) electrons. The zero-order chi connectivity index (χ0) is 24.6. The van der Waals surface area contributed by atoms with Gasteiger partial charge < -0.3 is 9.84 Å². The van der Waals surface area contributed by atoms with Gasteiger partial charge in [0.2, 0.25) is 17.6 Å². The summed E-state index contributed by atoms with van der Waals surface area (Å²) in [5, 5.41) is 8.96. The third kappa shape index (κ3) is 7.86. The normalized spacial score (nSPS) is 14.8. The smallest absolute Gasteiger partial charge is 0.241 e. The molecule has 10 heteroatoms. The summed E-state index contributed by atoms with van der Waals surface area (Å²) in [5.74, 6) is 3.11. The van der Waals surface area contributed by atoms with Crippen LogP contribution >= 0.6 is 46.6 Å². The fourth-order valence-corrected chi connectivity index (χ4v) is 5.60. The van der Waals surface area contributed by atoms with E-state index in [1.165, 1.54) is 5.56 Å². The minimum Gasteiger partial charge on any atom is -0.356 e. The van der Waals surface area contributed by atoms with Gasteiger partial charge in [0, 0.05) is 33.8 Å². The minimum absolute atomic E-state index is 0.0523. The number of nitrogens with one attached hydrogen (secondary N) is 1. The van der Waals surface area contributed by atoms with Crippen LogP contribution in [0.25, 0.3) is 11.4 Å². The van der Waals surface area contributed by atoms with Gasteiger partial charge in [0.05, 0.1) is 11.6 Å². The summed E-state index contributed by atoms with van der Waals surface area (Å²) in [4.78, 5) is 19.3. The van der Waals surface area contributed by atoms with Gasteiger partial charge in [-0.1, -0.05) is 52.1 Å². The van der Waals surface area contributed by atoms with Crippen molar-refractivity contribution in [2.24, 2.45) is 5.92 Å². The summed E-state index contributed by atoms with van der Waals surface area (Å²) in [6.07, 6.45) is 2.59. The topological polar surface area (TPSA) is 71.3 Å². The number of hydrogen-bond acceptors (Lipinski definition) is 6. The van der Waals surface area contributed by atoms with Crippen molar-refractivity contribution in [3.05, 3.63) is 69.0 Å². The number of aromatic nitrogens is 2. The zero-order valence-corrected chi connectivity index (χ0v) is 22.3. The Morgan fingerprint density at radius 3 is 2.69 bits per heavy atom. The fraction of sp³-hybridized carbons (Fsp3) is 0.400. The van der Waals surface area contributed by atoms with Crippen LogP contribution in [0.3, 0.4) is 0 Å². The molecule has 1 saturated heterocycles. The number of carbonyl (C=O) groups excluding carboxylic acids is 1. The van der Waals surface area contributed by atoms with E-state index in [-0.39, 0.29) is 11.8 Å². The van der Waals surface area contributed by atoms with Crippen molar-refractivity contribution < 1.29 is 9.32 Å². The molecule has 0 saturated carbocycles. The van der Waals surface area contributed by atoms with Gasteiger partial charge in [0.15, 0.2) is 0 Å². The molecule has 1 N–H and O–H groups in total. The monoisotopic (exact) mass is 552 g/mol. The van der Waals surface area contributed by atoms with Gasteiger partial charge in [-0.2, -0.15) is 16.7 Å². The molecule has 0 aliphatic carbocycles. The average molecular weight is 554 g/mol. The molecule has 6 nitrogen and oxygen atoms in total. The highest BCUT2D eigenvalue weighted by molar-refractivity contribution is 7.98. The first-order chi connectivity index (χ1) is 17.0. The van der Waals surface area contributed by atoms with Gasteiger partial charge in [0.25, 0.3) is 0 Å². The van der Waals surface area contributed by atoms with E-state index in [2.05, 4.69) is 26.4 Å². The van der Waals surface area contributed by atoms with Gasteiger partial charge in [-0.3, -0.25) is 9.69 Å². The second kappa shape index (κ2) is 13.0. The Labute approximate surface area is 224 Å². The molecular weight excluding hydrogens is 527 g/mol. The van der Waals surface area contributed by atoms with Crippen molar-refractivity contribution in [2.45, 2.75) is 31.6 Å². The number of likely N-dealkylation sites (tertiary alicyclic amines) is 1. The number of piperidine rings is 1. The van der Waals surface area contributed by atoms with Gasteiger partial charge in [-0.15, -0.1) is 0 Å². The Hall–Kier alpha value is -1.77. The Kier molecular flexibility index (Phi) is 9.75. The number of carbonyl (C=O) groups is 1. The molecule has 186 valence electrons. The molecule has 0 atom stereocenters. The van der Waals surface area contributed by atoms with E-state index < -0.39 is 0 Å². The highest BCUT2D eigenvalue weighted by Gasteiger charge is 2.26. The highest BCUT2D eigenvalue weighted by atomic mass is 35.5. The van der Waals surface area contributed by atoms with Crippen LogP contribution in [0.4, 0.5) is 0 Å². The van der Waals surface area contributed by atoms with Crippen LogP contribution < -0.4 is 5.32 Å². The molecule has 0 bridgehead atoms. The van der Waals surface area contributed by atoms with E-state index >= 15 is 0 Å². The zero-order valence-electron chi connectivity index (χ0n) is 19.2. The van der Waals surface area contributed by atoms with Gasteiger partial charge >= 0.3 is 0 Å². The van der Waals surface area contributed by atoms with Crippen LogP contribution in [-0.2, 0) is 17.1 Å². The largest absolute Gasteiger partial charge is 0.356 e. The first-order valence-electron chi connectivity index (χ1n) is 11.6. The summed E-state index contributed by atoms with van der Waals surface area (Å²) in [5.41, 5.74) is 1.91. The van der Waals surface area contributed by atoms with Crippen LogP contribution in [0, 0.1) is 5.92 Å². The molecule has 35 heavy (non-hydrogen) atoms. The Morgan fingerprint density at radius 1 is 1.11 bits per heavy atom. The van der Waals surface area contributed by atoms with E-state index in [0.29, 0.717) is 40.4 Å². The Balaban J connectivity index is 1.13. The maximum Gasteiger partial charge on any atom is 0.241 e. The molecule has 1 aliphatic rings. The quantitative estimate of drug-likeness (QED) is 0.295. The van der Waals surface area contributed by atoms with Crippen LogP contribution in [0.1, 0.15) is 30.7 Å². The molecule has 1 aromatic heterocycles. The standard InChI is InChI=1S/C25H27Cl3N4O2S/c26-19-4-1-3-17(13-19)16-35-12-2-9-29-25(33)18-7-10-32(11-8-18)15-23-30-24(31-34-23)21-6-5-20(27)14-22(21)28/h1,3-6,13-14,18H,2,7-12,15-16H2,(H,29,33). The molecule has 0 unspecified atom stereocenters. The molecule has 2 heterocycles. The minimum atomic E-state index is 0.0523. The van der Waals surface area contributed by atoms with Crippen LogP contribution in [-0.4, -0.2) is 46.3 Å². The van der Waals surface area contributed by atoms with Gasteiger partial charge in [-0.25, -0.2) is 0 Å². The molecule has 1 amide bonds. The summed E-state index contributed by atoms with van der Waals surface area (Å²) < 4.78 is 5.42. The summed E-state index contributed by atoms with van der Waals surface area (Å²) >= 11 is 20.1. The van der Waals surface area contributed by atoms with Crippen molar-refractivity contribution in [1.82, 2.24) is 20.4 Å².